The number of hydrogen-bond acceptors (Lipinski definition) is 12. The number of para-hydroxylation sites is 2. The lowest BCUT2D eigenvalue weighted by atomic mass is 9.65. The van der Waals surface area contributed by atoms with Gasteiger partial charge in [0.1, 0.15) is 42.0 Å². The molecule has 2 saturated heterocycles. The Kier molecular flexibility index (Phi) is 12.6. The molecule has 7 aromatic carbocycles. The summed E-state index contributed by atoms with van der Waals surface area (Å²) in [5.74, 6) is 3.24. The number of aliphatic hydroxyl groups excluding tert-OH is 1. The normalized spacial score (nSPS) is 21.1. The van der Waals surface area contributed by atoms with Crippen LogP contribution in [0, 0.1) is 17.8 Å². The van der Waals surface area contributed by atoms with Crippen molar-refractivity contribution in [3.8, 4) is 17.6 Å². The van der Waals surface area contributed by atoms with Crippen molar-refractivity contribution >= 4 is 67.2 Å². The summed E-state index contributed by atoms with van der Waals surface area (Å²) in [7, 11) is 0. The fraction of sp³-hybridized carbons (Fsp3) is 0.183. The van der Waals surface area contributed by atoms with Crippen LogP contribution in [0.2, 0.25) is 0 Å². The smallest absolute Gasteiger partial charge is 0.329 e. The van der Waals surface area contributed by atoms with Crippen molar-refractivity contribution in [1.29, 1.82) is 0 Å². The van der Waals surface area contributed by atoms with Crippen LogP contribution in [0.5, 0.6) is 5.75 Å². The maximum absolute atomic E-state index is 16.9. The van der Waals surface area contributed by atoms with Crippen molar-refractivity contribution in [2.45, 2.75) is 49.2 Å². The third-order valence-electron chi connectivity index (χ3n) is 14.5. The molecule has 3 N–H and O–H groups in total. The van der Waals surface area contributed by atoms with E-state index < -0.39 is 65.4 Å². The van der Waals surface area contributed by atoms with Crippen LogP contribution in [0.25, 0.3) is 21.3 Å². The number of hydrogen-bond donors (Lipinski definition) is 3. The number of aromatic nitrogens is 4. The molecule has 3 aliphatic heterocycles. The molecule has 2 aromatic heterocycles. The van der Waals surface area contributed by atoms with Crippen molar-refractivity contribution in [3.05, 3.63) is 215 Å². The van der Waals surface area contributed by atoms with E-state index in [2.05, 4.69) is 32.8 Å². The average molecular weight is 1030 g/mol. The maximum atomic E-state index is 16.9. The molecule has 2 fully saturated rings. The van der Waals surface area contributed by atoms with Crippen molar-refractivity contribution in [2.75, 3.05) is 23.4 Å². The Labute approximate surface area is 440 Å². The second-order valence-electron chi connectivity index (χ2n) is 18.9. The number of esters is 1. The second kappa shape index (κ2) is 20.0. The number of nitrogens with zero attached hydrogens (tertiary/aromatic N) is 6. The zero-order chi connectivity index (χ0) is 51.9. The van der Waals surface area contributed by atoms with Gasteiger partial charge in [-0.3, -0.25) is 19.3 Å². The zero-order valence-corrected chi connectivity index (χ0v) is 41.7. The summed E-state index contributed by atoms with van der Waals surface area (Å²) < 4.78 is 15.0. The van der Waals surface area contributed by atoms with Crippen molar-refractivity contribution in [3.63, 3.8) is 0 Å². The van der Waals surface area contributed by atoms with Crippen LogP contribution >= 0.6 is 11.3 Å². The number of urea groups is 1. The number of anilines is 2. The SMILES string of the molecule is C[C@@H](NC(=O)N1C(=O)[C@@]2(c3cc(C#CCn4nnc5ccccc54)ccc31)[C@H](c1ccc(OCCO)cc1)N1[C@H](c3ccccc3)[C@H](c3ccccc3)OC(=O)[C@H]1[C@@H]2C(=O)Nc1nc2ccccc2s1)c1ccccc1. The molecule has 12 rings (SSSR count). The summed E-state index contributed by atoms with van der Waals surface area (Å²) in [4.78, 5) is 71.8. The van der Waals surface area contributed by atoms with Crippen molar-refractivity contribution < 1.29 is 33.8 Å². The molecule has 16 heteroatoms. The molecule has 0 bridgehead atoms. The van der Waals surface area contributed by atoms with Crippen LogP contribution in [-0.4, -0.2) is 73.1 Å². The maximum Gasteiger partial charge on any atom is 0.329 e. The average Bonchev–Trinajstić information content (AvgIpc) is 4.16. The topological polar surface area (TPSA) is 181 Å². The summed E-state index contributed by atoms with van der Waals surface area (Å²) >= 11 is 1.26. The Morgan fingerprint density at radius 3 is 2.21 bits per heavy atom. The predicted molar refractivity (Wildman–Crippen MR) is 287 cm³/mol. The molecule has 0 radical (unpaired) electrons. The second-order valence-corrected chi connectivity index (χ2v) is 19.9. The van der Waals surface area contributed by atoms with Gasteiger partial charge in [-0.25, -0.2) is 19.4 Å². The van der Waals surface area contributed by atoms with E-state index in [0.29, 0.717) is 33.5 Å². The summed E-state index contributed by atoms with van der Waals surface area (Å²) in [6.45, 7) is 1.82. The standard InChI is InChI=1S/C60H48N8O7S/c1-37(39-17-5-2-6-18-39)61-59(73)67-47-32-27-38(16-15-33-66-48-25-13-11-23-45(48)64-65-66)36-44(47)60(57(67)72)50(55(70)63-58-62-46-24-12-14-26-49(46)76-58)52-56(71)75-53(41-21-9-4-10-22-41)51(40-19-7-3-8-20-40)68(52)54(60)42-28-30-43(31-29-42)74-35-34-69/h2-14,17-32,36-37,50-54,69H,33-35H2,1H3,(H,61,73)(H,62,63,70)/t37-,50-,51-,52-,53+,54+,60-/m1/s1. The third kappa shape index (κ3) is 8.31. The van der Waals surface area contributed by atoms with Gasteiger partial charge in [0.15, 0.2) is 5.13 Å². The minimum Gasteiger partial charge on any atom is -0.491 e. The van der Waals surface area contributed by atoms with Crippen LogP contribution < -0.4 is 20.3 Å². The Balaban J connectivity index is 1.11. The highest BCUT2D eigenvalue weighted by Gasteiger charge is 2.75. The summed E-state index contributed by atoms with van der Waals surface area (Å²) in [5, 5.41) is 24.7. The first kappa shape index (κ1) is 48.0. The largest absolute Gasteiger partial charge is 0.491 e. The number of imide groups is 1. The van der Waals surface area contributed by atoms with Gasteiger partial charge < -0.3 is 25.2 Å². The summed E-state index contributed by atoms with van der Waals surface area (Å²) in [6.07, 6.45) is -0.933. The van der Waals surface area contributed by atoms with Crippen LogP contribution in [0.3, 0.4) is 0 Å². The molecule has 1 spiro atoms. The molecule has 0 aliphatic carbocycles. The minimum absolute atomic E-state index is 0.0316. The van der Waals surface area contributed by atoms with Gasteiger partial charge in [-0.1, -0.05) is 156 Å². The fourth-order valence-electron chi connectivity index (χ4n) is 11.3. The number of carbonyl (C=O) groups is 4. The molecule has 376 valence electrons. The van der Waals surface area contributed by atoms with E-state index >= 15 is 19.2 Å². The van der Waals surface area contributed by atoms with E-state index in [9.17, 15) is 5.11 Å². The van der Waals surface area contributed by atoms with Crippen LogP contribution in [0.1, 0.15) is 64.5 Å². The predicted octanol–water partition coefficient (Wildman–Crippen LogP) is 9.24. The first-order valence-electron chi connectivity index (χ1n) is 24.9. The number of ether oxygens (including phenoxy) is 2. The number of amides is 4. The highest BCUT2D eigenvalue weighted by molar-refractivity contribution is 7.22. The van der Waals surface area contributed by atoms with Gasteiger partial charge in [0, 0.05) is 5.56 Å². The highest BCUT2D eigenvalue weighted by Crippen LogP contribution is 2.66. The van der Waals surface area contributed by atoms with Gasteiger partial charge in [-0.2, -0.15) is 0 Å². The number of cyclic esters (lactones) is 1. The van der Waals surface area contributed by atoms with Crippen LogP contribution in [-0.2, 0) is 31.1 Å². The van der Waals surface area contributed by atoms with Gasteiger partial charge in [0.2, 0.25) is 11.8 Å². The fourth-order valence-corrected chi connectivity index (χ4v) is 12.2. The van der Waals surface area contributed by atoms with Crippen molar-refractivity contribution in [1.82, 2.24) is 30.2 Å². The monoisotopic (exact) mass is 1020 g/mol. The molecule has 3 aliphatic rings. The van der Waals surface area contributed by atoms with E-state index in [1.165, 1.54) is 11.3 Å². The Morgan fingerprint density at radius 1 is 0.789 bits per heavy atom. The molecule has 0 saturated carbocycles. The summed E-state index contributed by atoms with van der Waals surface area (Å²) in [5.41, 5.74) is 3.87. The molecule has 5 heterocycles. The van der Waals surface area contributed by atoms with Crippen molar-refractivity contribution in [2.24, 2.45) is 5.92 Å². The summed E-state index contributed by atoms with van der Waals surface area (Å²) in [6, 6.07) is 51.0. The van der Waals surface area contributed by atoms with E-state index in [0.717, 1.165) is 31.8 Å². The third-order valence-corrected chi connectivity index (χ3v) is 15.5. The molecule has 4 amide bonds. The molecule has 7 atom stereocenters. The van der Waals surface area contributed by atoms with E-state index in [-0.39, 0.29) is 30.6 Å². The Bertz CT molecular complexity index is 3700. The lowest BCUT2D eigenvalue weighted by Crippen LogP contribution is -2.55. The first-order chi connectivity index (χ1) is 37.2. The Hall–Kier alpha value is -9.01. The number of rotatable bonds is 11. The quantitative estimate of drug-likeness (QED) is 0.0830. The number of aliphatic hydroxyl groups is 1. The van der Waals surface area contributed by atoms with E-state index in [1.54, 1.807) is 35.0 Å². The van der Waals surface area contributed by atoms with Gasteiger partial charge in [0.05, 0.1) is 52.1 Å². The number of thiazole rings is 1. The molecular weight excluding hydrogens is 977 g/mol. The number of nitrogens with one attached hydrogen (secondary N) is 2. The number of benzene rings is 7. The number of morpholine rings is 1. The van der Waals surface area contributed by atoms with E-state index in [4.69, 9.17) is 14.5 Å². The minimum atomic E-state index is -2.07. The molecule has 0 unspecified atom stereocenters. The highest BCUT2D eigenvalue weighted by atomic mass is 32.1. The zero-order valence-electron chi connectivity index (χ0n) is 40.9. The van der Waals surface area contributed by atoms with E-state index in [1.807, 2.05) is 163 Å². The van der Waals surface area contributed by atoms with Gasteiger partial charge in [-0.05, 0) is 89.3 Å². The van der Waals surface area contributed by atoms with Gasteiger partial charge in [-0.15, -0.1) is 5.10 Å². The molecule has 9 aromatic rings. The molecule has 76 heavy (non-hydrogen) atoms. The van der Waals surface area contributed by atoms with Gasteiger partial charge in [0.25, 0.3) is 0 Å². The first-order valence-corrected chi connectivity index (χ1v) is 25.7. The van der Waals surface area contributed by atoms with Gasteiger partial charge >= 0.3 is 12.0 Å². The molecular formula is C60H48N8O7S. The lowest BCUT2D eigenvalue weighted by molar-refractivity contribution is -0.177. The van der Waals surface area contributed by atoms with Crippen LogP contribution in [0.4, 0.5) is 15.6 Å². The lowest BCUT2D eigenvalue weighted by Gasteiger charge is -2.46. The Morgan fingerprint density at radius 2 is 1.47 bits per heavy atom. The van der Waals surface area contributed by atoms with Crippen LogP contribution in [0.15, 0.2) is 182 Å². The number of carbonyl (C=O) groups excluding carboxylic acids is 4. The number of fused-ring (bicyclic) bond motifs is 5. The molecule has 15 nitrogen and oxygen atoms in total.